The molecule has 0 unspecified atom stereocenters. The van der Waals surface area contributed by atoms with Crippen molar-refractivity contribution >= 4 is 11.6 Å². The molecule has 3 rings (SSSR count). The van der Waals surface area contributed by atoms with Gasteiger partial charge in [-0.05, 0) is 50.5 Å². The lowest BCUT2D eigenvalue weighted by Gasteiger charge is -2.30. The quantitative estimate of drug-likeness (QED) is 0.867. The van der Waals surface area contributed by atoms with Crippen LogP contribution >= 0.6 is 0 Å². The van der Waals surface area contributed by atoms with E-state index in [0.717, 1.165) is 25.1 Å². The predicted molar refractivity (Wildman–Crippen MR) is 84.0 cm³/mol. The minimum atomic E-state index is -0.0341. The Bertz CT molecular complexity index is 706. The first kappa shape index (κ1) is 13.7. The summed E-state index contributed by atoms with van der Waals surface area (Å²) in [7, 11) is 0. The number of carbonyl (C=O) groups is 1. The number of phenolic OH excluding ortho intramolecular Hbond substituents is 1. The Morgan fingerprint density at radius 2 is 2.00 bits per heavy atom. The third-order valence-electron chi connectivity index (χ3n) is 4.13. The molecule has 0 spiro atoms. The zero-order valence-corrected chi connectivity index (χ0v) is 12.4. The molecular formula is C18H19NO2. The molecule has 21 heavy (non-hydrogen) atoms. The van der Waals surface area contributed by atoms with Crippen LogP contribution in [-0.2, 0) is 6.42 Å². The van der Waals surface area contributed by atoms with Gasteiger partial charge in [-0.3, -0.25) is 4.79 Å². The number of fused-ring (bicyclic) bond motifs is 1. The molecule has 0 aromatic heterocycles. The Morgan fingerprint density at radius 3 is 2.81 bits per heavy atom. The second kappa shape index (κ2) is 5.24. The number of benzene rings is 2. The van der Waals surface area contributed by atoms with Gasteiger partial charge in [-0.25, -0.2) is 0 Å². The number of aryl methyl sites for hydroxylation is 2. The smallest absolute Gasteiger partial charge is 0.258 e. The van der Waals surface area contributed by atoms with Crippen LogP contribution in [0.4, 0.5) is 5.69 Å². The number of carbonyl (C=O) groups excluding carboxylic acids is 1. The van der Waals surface area contributed by atoms with E-state index < -0.39 is 0 Å². The number of hydrogen-bond acceptors (Lipinski definition) is 2. The normalized spacial score (nSPS) is 13.9. The van der Waals surface area contributed by atoms with Crippen LogP contribution in [0, 0.1) is 13.8 Å². The van der Waals surface area contributed by atoms with Crippen LogP contribution in [0.25, 0.3) is 0 Å². The molecule has 0 radical (unpaired) electrons. The van der Waals surface area contributed by atoms with Gasteiger partial charge in [-0.15, -0.1) is 0 Å². The topological polar surface area (TPSA) is 40.5 Å². The van der Waals surface area contributed by atoms with E-state index in [0.29, 0.717) is 11.1 Å². The minimum absolute atomic E-state index is 0.0341. The molecule has 1 heterocycles. The average molecular weight is 281 g/mol. The number of anilines is 1. The summed E-state index contributed by atoms with van der Waals surface area (Å²) < 4.78 is 0. The van der Waals surface area contributed by atoms with Gasteiger partial charge in [-0.2, -0.15) is 0 Å². The molecule has 0 saturated heterocycles. The molecule has 108 valence electrons. The van der Waals surface area contributed by atoms with Gasteiger partial charge in [0.25, 0.3) is 5.91 Å². The zero-order valence-electron chi connectivity index (χ0n) is 12.4. The monoisotopic (exact) mass is 281 g/mol. The number of rotatable bonds is 1. The van der Waals surface area contributed by atoms with Crippen molar-refractivity contribution in [1.82, 2.24) is 0 Å². The molecule has 1 N–H and O–H groups in total. The van der Waals surface area contributed by atoms with E-state index in [9.17, 15) is 9.90 Å². The van der Waals surface area contributed by atoms with E-state index in [4.69, 9.17) is 0 Å². The Hall–Kier alpha value is -2.29. The summed E-state index contributed by atoms with van der Waals surface area (Å²) in [6.07, 6.45) is 1.99. The molecule has 1 aliphatic rings. The van der Waals surface area contributed by atoms with E-state index >= 15 is 0 Å². The molecule has 1 amide bonds. The highest BCUT2D eigenvalue weighted by molar-refractivity contribution is 6.08. The van der Waals surface area contributed by atoms with Crippen LogP contribution < -0.4 is 4.90 Å². The van der Waals surface area contributed by atoms with E-state index in [1.807, 2.05) is 17.0 Å². The van der Waals surface area contributed by atoms with Gasteiger partial charge in [0, 0.05) is 23.4 Å². The number of amides is 1. The highest BCUT2D eigenvalue weighted by Crippen LogP contribution is 2.30. The summed E-state index contributed by atoms with van der Waals surface area (Å²) in [5.41, 5.74) is 4.66. The van der Waals surface area contributed by atoms with Crippen molar-refractivity contribution in [3.05, 3.63) is 58.7 Å². The maximum Gasteiger partial charge on any atom is 0.258 e. The van der Waals surface area contributed by atoms with Crippen LogP contribution in [0.15, 0.2) is 36.4 Å². The largest absolute Gasteiger partial charge is 0.508 e. The lowest BCUT2D eigenvalue weighted by molar-refractivity contribution is 0.0984. The summed E-state index contributed by atoms with van der Waals surface area (Å²) in [6, 6.07) is 11.3. The molecule has 0 saturated carbocycles. The molecule has 1 aliphatic heterocycles. The van der Waals surface area contributed by atoms with Crippen LogP contribution in [-0.4, -0.2) is 17.6 Å². The molecule has 0 fully saturated rings. The third kappa shape index (κ3) is 2.40. The van der Waals surface area contributed by atoms with Crippen LogP contribution in [0.3, 0.4) is 0 Å². The molecule has 0 bridgehead atoms. The van der Waals surface area contributed by atoms with Crippen LogP contribution in [0.1, 0.15) is 33.5 Å². The Morgan fingerprint density at radius 1 is 1.19 bits per heavy atom. The summed E-state index contributed by atoms with van der Waals surface area (Å²) in [6.45, 7) is 4.58. The van der Waals surface area contributed by atoms with E-state index in [2.05, 4.69) is 13.0 Å². The zero-order chi connectivity index (χ0) is 15.0. The van der Waals surface area contributed by atoms with E-state index in [-0.39, 0.29) is 11.7 Å². The van der Waals surface area contributed by atoms with Crippen molar-refractivity contribution in [2.24, 2.45) is 0 Å². The highest BCUT2D eigenvalue weighted by Gasteiger charge is 2.25. The maximum atomic E-state index is 12.8. The van der Waals surface area contributed by atoms with Crippen molar-refractivity contribution in [3.8, 4) is 5.75 Å². The predicted octanol–water partition coefficient (Wildman–Crippen LogP) is 3.60. The summed E-state index contributed by atoms with van der Waals surface area (Å²) in [4.78, 5) is 14.7. The van der Waals surface area contributed by atoms with Crippen LogP contribution in [0.5, 0.6) is 5.75 Å². The molecule has 3 heteroatoms. The summed E-state index contributed by atoms with van der Waals surface area (Å²) in [5.74, 6) is 0.134. The van der Waals surface area contributed by atoms with E-state index in [1.165, 1.54) is 11.1 Å². The number of nitrogens with zero attached hydrogens (tertiary/aromatic N) is 1. The van der Waals surface area contributed by atoms with Crippen LogP contribution in [0.2, 0.25) is 0 Å². The first-order chi connectivity index (χ1) is 10.1. The Balaban J connectivity index is 2.02. The van der Waals surface area contributed by atoms with Gasteiger partial charge in [0.1, 0.15) is 5.75 Å². The van der Waals surface area contributed by atoms with Crippen molar-refractivity contribution in [1.29, 1.82) is 0 Å². The average Bonchev–Trinajstić information content (AvgIpc) is 2.48. The maximum absolute atomic E-state index is 12.8. The van der Waals surface area contributed by atoms with Crippen molar-refractivity contribution in [2.45, 2.75) is 26.7 Å². The second-order valence-electron chi connectivity index (χ2n) is 5.64. The van der Waals surface area contributed by atoms with Gasteiger partial charge in [0.2, 0.25) is 0 Å². The third-order valence-corrected chi connectivity index (χ3v) is 4.13. The van der Waals surface area contributed by atoms with Gasteiger partial charge < -0.3 is 10.0 Å². The Kier molecular flexibility index (Phi) is 3.42. The SMILES string of the molecule is Cc1ccc2c(c1)CCCN2C(=O)c1cccc(O)c1C. The highest BCUT2D eigenvalue weighted by atomic mass is 16.3. The van der Waals surface area contributed by atoms with Gasteiger partial charge >= 0.3 is 0 Å². The van der Waals surface area contributed by atoms with Crippen molar-refractivity contribution < 1.29 is 9.90 Å². The fourth-order valence-electron chi connectivity index (χ4n) is 2.94. The molecule has 2 aromatic rings. The molecule has 0 atom stereocenters. The second-order valence-corrected chi connectivity index (χ2v) is 5.64. The Labute approximate surface area is 124 Å². The summed E-state index contributed by atoms with van der Waals surface area (Å²) >= 11 is 0. The van der Waals surface area contributed by atoms with Gasteiger partial charge in [0.05, 0.1) is 0 Å². The van der Waals surface area contributed by atoms with Crippen molar-refractivity contribution in [2.75, 3.05) is 11.4 Å². The fourth-order valence-corrected chi connectivity index (χ4v) is 2.94. The first-order valence-electron chi connectivity index (χ1n) is 7.28. The van der Waals surface area contributed by atoms with Gasteiger partial charge in [-0.1, -0.05) is 23.8 Å². The van der Waals surface area contributed by atoms with E-state index in [1.54, 1.807) is 25.1 Å². The minimum Gasteiger partial charge on any atom is -0.508 e. The molecule has 2 aromatic carbocycles. The standard InChI is InChI=1S/C18H19NO2/c1-12-8-9-16-14(11-12)5-4-10-19(16)18(21)15-6-3-7-17(20)13(15)2/h3,6-9,11,20H,4-5,10H2,1-2H3. The number of phenols is 1. The lowest BCUT2D eigenvalue weighted by Crippen LogP contribution is -2.35. The number of aromatic hydroxyl groups is 1. The molecule has 0 aliphatic carbocycles. The first-order valence-corrected chi connectivity index (χ1v) is 7.28. The fraction of sp³-hybridized carbons (Fsp3) is 0.278. The number of hydrogen-bond donors (Lipinski definition) is 1. The summed E-state index contributed by atoms with van der Waals surface area (Å²) in [5, 5.41) is 9.81. The van der Waals surface area contributed by atoms with Gasteiger partial charge in [0.15, 0.2) is 0 Å². The molecular weight excluding hydrogens is 262 g/mol. The lowest BCUT2D eigenvalue weighted by atomic mass is 9.98. The van der Waals surface area contributed by atoms with Crippen molar-refractivity contribution in [3.63, 3.8) is 0 Å². The molecule has 3 nitrogen and oxygen atoms in total.